The van der Waals surface area contributed by atoms with Crippen molar-refractivity contribution in [2.24, 2.45) is 11.1 Å². The van der Waals surface area contributed by atoms with Gasteiger partial charge in [0.25, 0.3) is 0 Å². The van der Waals surface area contributed by atoms with Crippen molar-refractivity contribution < 1.29 is 13.2 Å². The van der Waals surface area contributed by atoms with Crippen LogP contribution in [0, 0.1) is 5.92 Å². The summed E-state index contributed by atoms with van der Waals surface area (Å²) >= 11 is 0. The van der Waals surface area contributed by atoms with Crippen LogP contribution in [0.5, 0.6) is 0 Å². The Bertz CT molecular complexity index is 1050. The van der Waals surface area contributed by atoms with Crippen LogP contribution in [0.25, 0.3) is 0 Å². The lowest BCUT2D eigenvalue weighted by Crippen LogP contribution is -2.29. The number of nitrogens with two attached hydrogens (primary N) is 1. The molecule has 1 atom stereocenters. The minimum absolute atomic E-state index is 0.0155. The molecule has 0 unspecified atom stereocenters. The first-order valence-electron chi connectivity index (χ1n) is 10.6. The molecule has 2 aromatic rings. The molecule has 160 valence electrons. The average Bonchev–Trinajstić information content (AvgIpc) is 3.32. The van der Waals surface area contributed by atoms with Crippen LogP contribution >= 0.6 is 0 Å². The topological polar surface area (TPSA) is 92.5 Å². The molecule has 0 radical (unpaired) electrons. The molecule has 1 heterocycles. The highest BCUT2D eigenvalue weighted by Crippen LogP contribution is 2.38. The fourth-order valence-electron chi connectivity index (χ4n) is 4.71. The zero-order valence-electron chi connectivity index (χ0n) is 17.3. The molecule has 7 heteroatoms. The lowest BCUT2D eigenvalue weighted by Gasteiger charge is -2.23. The van der Waals surface area contributed by atoms with Crippen LogP contribution in [0.3, 0.4) is 0 Å². The van der Waals surface area contributed by atoms with Gasteiger partial charge in [-0.25, -0.2) is 13.6 Å². The smallest absolute Gasteiger partial charge is 0.238 e. The zero-order valence-corrected chi connectivity index (χ0v) is 18.1. The molecule has 1 saturated carbocycles. The summed E-state index contributed by atoms with van der Waals surface area (Å²) in [5, 5.41) is 8.92. The van der Waals surface area contributed by atoms with E-state index in [-0.39, 0.29) is 17.2 Å². The summed E-state index contributed by atoms with van der Waals surface area (Å²) in [7, 11) is -3.84. The number of para-hydroxylation sites is 1. The van der Waals surface area contributed by atoms with E-state index >= 15 is 0 Å². The molecule has 0 saturated heterocycles. The predicted molar refractivity (Wildman–Crippen MR) is 118 cm³/mol. The van der Waals surface area contributed by atoms with E-state index in [1.165, 1.54) is 44.2 Å². The van der Waals surface area contributed by atoms with Crippen molar-refractivity contribution >= 4 is 27.3 Å². The number of fused-ring (bicyclic) bond motifs is 1. The Hall–Kier alpha value is -2.22. The van der Waals surface area contributed by atoms with E-state index in [4.69, 9.17) is 5.14 Å². The third-order valence-electron chi connectivity index (χ3n) is 6.25. The number of hydrogen-bond acceptors (Lipinski definition) is 4. The van der Waals surface area contributed by atoms with E-state index < -0.39 is 10.0 Å². The van der Waals surface area contributed by atoms with E-state index in [1.54, 1.807) is 11.0 Å². The fraction of sp³-hybridized carbons (Fsp3) is 0.435. The third kappa shape index (κ3) is 4.43. The van der Waals surface area contributed by atoms with Crippen molar-refractivity contribution in [1.82, 2.24) is 5.32 Å². The third-order valence-corrected chi connectivity index (χ3v) is 7.16. The van der Waals surface area contributed by atoms with Crippen LogP contribution in [-0.4, -0.2) is 20.4 Å². The number of carbonyl (C=O) groups is 1. The molecular weight excluding hydrogens is 398 g/mol. The molecule has 4 rings (SSSR count). The largest absolute Gasteiger partial charge is 0.310 e. The molecule has 1 aliphatic heterocycles. The SMILES string of the molecule is C[C@@H](CC1CCCC1)NCc1ccccc1N1C(=O)Cc2ccc(S(N)(=O)=O)cc21. The molecular formula is C23H29N3O3S. The summed E-state index contributed by atoms with van der Waals surface area (Å²) < 4.78 is 23.6. The number of rotatable bonds is 7. The number of benzene rings is 2. The van der Waals surface area contributed by atoms with Crippen LogP contribution in [0.2, 0.25) is 0 Å². The van der Waals surface area contributed by atoms with Crippen LogP contribution in [-0.2, 0) is 27.8 Å². The maximum absolute atomic E-state index is 12.8. The molecule has 30 heavy (non-hydrogen) atoms. The van der Waals surface area contributed by atoms with Crippen LogP contribution in [0.15, 0.2) is 47.4 Å². The van der Waals surface area contributed by atoms with Crippen molar-refractivity contribution in [2.45, 2.75) is 62.9 Å². The van der Waals surface area contributed by atoms with Gasteiger partial charge in [0.15, 0.2) is 0 Å². The number of amides is 1. The second-order valence-electron chi connectivity index (χ2n) is 8.54. The van der Waals surface area contributed by atoms with Crippen molar-refractivity contribution in [3.05, 3.63) is 53.6 Å². The average molecular weight is 428 g/mol. The van der Waals surface area contributed by atoms with Gasteiger partial charge in [-0.1, -0.05) is 49.9 Å². The second kappa shape index (κ2) is 8.49. The summed E-state index contributed by atoms with van der Waals surface area (Å²) in [5.74, 6) is 0.745. The van der Waals surface area contributed by atoms with Gasteiger partial charge in [0.05, 0.1) is 22.7 Å². The lowest BCUT2D eigenvalue weighted by molar-refractivity contribution is -0.116. The van der Waals surface area contributed by atoms with Gasteiger partial charge in [-0.15, -0.1) is 0 Å². The van der Waals surface area contributed by atoms with Gasteiger partial charge in [0.1, 0.15) is 0 Å². The van der Waals surface area contributed by atoms with Gasteiger partial charge in [-0.05, 0) is 48.6 Å². The normalized spacial score (nSPS) is 18.1. The number of hydrogen-bond donors (Lipinski definition) is 2. The molecule has 2 aliphatic rings. The number of nitrogens with one attached hydrogen (secondary N) is 1. The quantitative estimate of drug-likeness (QED) is 0.706. The number of primary sulfonamides is 1. The number of carbonyl (C=O) groups excluding carboxylic acids is 1. The van der Waals surface area contributed by atoms with Gasteiger partial charge < -0.3 is 5.32 Å². The van der Waals surface area contributed by atoms with Gasteiger partial charge >= 0.3 is 0 Å². The minimum atomic E-state index is -3.84. The van der Waals surface area contributed by atoms with Crippen molar-refractivity contribution in [1.29, 1.82) is 0 Å². The summed E-state index contributed by atoms with van der Waals surface area (Å²) in [6, 6.07) is 12.8. The highest BCUT2D eigenvalue weighted by molar-refractivity contribution is 7.89. The van der Waals surface area contributed by atoms with Gasteiger partial charge in [-0.3, -0.25) is 9.69 Å². The molecule has 0 aromatic heterocycles. The number of anilines is 2. The lowest BCUT2D eigenvalue weighted by atomic mass is 9.99. The molecule has 1 fully saturated rings. The Morgan fingerprint density at radius 3 is 2.60 bits per heavy atom. The first kappa shape index (κ1) is 21.0. The fourth-order valence-corrected chi connectivity index (χ4v) is 5.24. The van der Waals surface area contributed by atoms with Crippen LogP contribution < -0.4 is 15.4 Å². The summed E-state index contributed by atoms with van der Waals surface area (Å²) in [4.78, 5) is 14.5. The van der Waals surface area contributed by atoms with E-state index in [0.717, 1.165) is 22.7 Å². The molecule has 1 aliphatic carbocycles. The molecule has 6 nitrogen and oxygen atoms in total. The molecule has 0 bridgehead atoms. The highest BCUT2D eigenvalue weighted by atomic mass is 32.2. The standard InChI is InChI=1S/C23H29N3O3S/c1-16(12-17-6-2-3-7-17)25-15-19-8-4-5-9-21(19)26-22-14-20(30(24,28)29)11-10-18(22)13-23(26)27/h4-5,8-11,14,16-17,25H,2-3,6-7,12-13,15H2,1H3,(H2,24,28,29)/t16-/m0/s1. The first-order valence-corrected chi connectivity index (χ1v) is 12.2. The Morgan fingerprint density at radius 2 is 1.87 bits per heavy atom. The van der Waals surface area contributed by atoms with Gasteiger partial charge in [0, 0.05) is 12.6 Å². The molecule has 2 aromatic carbocycles. The van der Waals surface area contributed by atoms with Crippen LogP contribution in [0.1, 0.15) is 50.2 Å². The Labute approximate surface area is 178 Å². The van der Waals surface area contributed by atoms with Gasteiger partial charge in [-0.2, -0.15) is 0 Å². The monoisotopic (exact) mass is 427 g/mol. The van der Waals surface area contributed by atoms with Crippen LogP contribution in [0.4, 0.5) is 11.4 Å². The Kier molecular flexibility index (Phi) is 5.95. The van der Waals surface area contributed by atoms with E-state index in [2.05, 4.69) is 12.2 Å². The molecule has 0 spiro atoms. The summed E-state index contributed by atoms with van der Waals surface area (Å²) in [6.45, 7) is 2.87. The highest BCUT2D eigenvalue weighted by Gasteiger charge is 2.31. The molecule has 3 N–H and O–H groups in total. The Morgan fingerprint density at radius 1 is 1.13 bits per heavy atom. The summed E-state index contributed by atoms with van der Waals surface area (Å²) in [6.07, 6.45) is 6.77. The predicted octanol–water partition coefficient (Wildman–Crippen LogP) is 3.61. The van der Waals surface area contributed by atoms with Crippen molar-refractivity contribution in [2.75, 3.05) is 4.90 Å². The van der Waals surface area contributed by atoms with Gasteiger partial charge in [0.2, 0.25) is 15.9 Å². The van der Waals surface area contributed by atoms with E-state index in [1.807, 2.05) is 24.3 Å². The number of nitrogens with zero attached hydrogens (tertiary/aromatic N) is 1. The Balaban J connectivity index is 1.57. The maximum atomic E-state index is 12.8. The van der Waals surface area contributed by atoms with E-state index in [9.17, 15) is 13.2 Å². The first-order chi connectivity index (χ1) is 14.3. The molecule has 1 amide bonds. The zero-order chi connectivity index (χ0) is 21.3. The van der Waals surface area contributed by atoms with Crippen molar-refractivity contribution in [3.63, 3.8) is 0 Å². The summed E-state index contributed by atoms with van der Waals surface area (Å²) in [5.41, 5.74) is 3.20. The maximum Gasteiger partial charge on any atom is 0.238 e. The second-order valence-corrected chi connectivity index (χ2v) is 10.1. The van der Waals surface area contributed by atoms with E-state index in [0.29, 0.717) is 18.3 Å². The minimum Gasteiger partial charge on any atom is -0.310 e. The number of sulfonamides is 1. The van der Waals surface area contributed by atoms with Crippen molar-refractivity contribution in [3.8, 4) is 0 Å².